The van der Waals surface area contributed by atoms with E-state index in [0.717, 1.165) is 17.4 Å². The Morgan fingerprint density at radius 2 is 1.58 bits per heavy atom. The summed E-state index contributed by atoms with van der Waals surface area (Å²) in [5, 5.41) is 2.75. The first kappa shape index (κ1) is 19.7. The van der Waals surface area contributed by atoms with Gasteiger partial charge >= 0.3 is 5.97 Å². The van der Waals surface area contributed by atoms with Gasteiger partial charge in [0.15, 0.2) is 15.9 Å². The molecular weight excluding hydrogens is 354 g/mol. The van der Waals surface area contributed by atoms with Crippen LogP contribution in [0, 0.1) is 13.8 Å². The molecular formula is C19H21NO5S. The zero-order valence-electron chi connectivity index (χ0n) is 15.1. The van der Waals surface area contributed by atoms with Gasteiger partial charge in [0.1, 0.15) is 0 Å². The number of anilines is 1. The van der Waals surface area contributed by atoms with Crippen LogP contribution in [0.2, 0.25) is 0 Å². The summed E-state index contributed by atoms with van der Waals surface area (Å²) < 4.78 is 28.8. The summed E-state index contributed by atoms with van der Waals surface area (Å²) in [6.07, 6.45) is -0.0786. The molecule has 6 nitrogen and oxygen atoms in total. The van der Waals surface area contributed by atoms with Crippen LogP contribution in [0.25, 0.3) is 0 Å². The van der Waals surface area contributed by atoms with Gasteiger partial charge in [0.25, 0.3) is 5.91 Å². The van der Waals surface area contributed by atoms with Gasteiger partial charge in [0.05, 0.1) is 10.5 Å². The van der Waals surface area contributed by atoms with E-state index < -0.39 is 27.8 Å². The summed E-state index contributed by atoms with van der Waals surface area (Å²) in [6.45, 7) is 5.16. The Morgan fingerprint density at radius 3 is 2.15 bits per heavy atom. The summed E-state index contributed by atoms with van der Waals surface area (Å²) in [6, 6.07) is 11.3. The Labute approximate surface area is 153 Å². The van der Waals surface area contributed by atoms with E-state index in [4.69, 9.17) is 4.74 Å². The number of hydrogen-bond donors (Lipinski definition) is 1. The van der Waals surface area contributed by atoms with E-state index in [1.807, 2.05) is 32.0 Å². The first-order valence-electron chi connectivity index (χ1n) is 7.98. The number of benzene rings is 2. The summed E-state index contributed by atoms with van der Waals surface area (Å²) in [5.74, 6) is -1.36. The molecule has 26 heavy (non-hydrogen) atoms. The third-order valence-electron chi connectivity index (χ3n) is 3.89. The van der Waals surface area contributed by atoms with Crippen LogP contribution < -0.4 is 5.32 Å². The molecule has 2 aromatic rings. The quantitative estimate of drug-likeness (QED) is 0.812. The lowest BCUT2D eigenvalue weighted by molar-refractivity contribution is -0.123. The maximum absolute atomic E-state index is 12.4. The fourth-order valence-corrected chi connectivity index (χ4v) is 3.35. The van der Waals surface area contributed by atoms with Crippen LogP contribution in [0.3, 0.4) is 0 Å². The fraction of sp³-hybridized carbons (Fsp3) is 0.263. The van der Waals surface area contributed by atoms with Gasteiger partial charge in [-0.05, 0) is 44.0 Å². The van der Waals surface area contributed by atoms with E-state index in [9.17, 15) is 18.0 Å². The Balaban J connectivity index is 2.16. The van der Waals surface area contributed by atoms with Crippen LogP contribution in [0.1, 0.15) is 28.4 Å². The van der Waals surface area contributed by atoms with Crippen molar-refractivity contribution in [3.63, 3.8) is 0 Å². The predicted molar refractivity (Wildman–Crippen MR) is 99.0 cm³/mol. The molecule has 138 valence electrons. The number of rotatable bonds is 5. The smallest absolute Gasteiger partial charge is 0.340 e. The SMILES string of the molecule is Cc1cccc(C)c1NC(=O)C(C)OC(=O)c1ccccc1S(C)(=O)=O. The van der Waals surface area contributed by atoms with E-state index >= 15 is 0 Å². The third kappa shape index (κ3) is 4.49. The molecule has 0 heterocycles. The van der Waals surface area contributed by atoms with Crippen LogP contribution in [-0.4, -0.2) is 32.7 Å². The number of carbonyl (C=O) groups is 2. The molecule has 1 atom stereocenters. The minimum absolute atomic E-state index is 0.0956. The van der Waals surface area contributed by atoms with Crippen molar-refractivity contribution in [1.29, 1.82) is 0 Å². The first-order valence-corrected chi connectivity index (χ1v) is 9.87. The second-order valence-electron chi connectivity index (χ2n) is 6.07. The lowest BCUT2D eigenvalue weighted by atomic mass is 10.1. The summed E-state index contributed by atoms with van der Waals surface area (Å²) in [4.78, 5) is 24.6. The molecule has 7 heteroatoms. The van der Waals surface area contributed by atoms with Gasteiger partial charge in [-0.2, -0.15) is 0 Å². The van der Waals surface area contributed by atoms with Gasteiger partial charge < -0.3 is 10.1 Å². The van der Waals surface area contributed by atoms with Crippen molar-refractivity contribution in [2.24, 2.45) is 0 Å². The molecule has 0 radical (unpaired) electrons. The normalized spacial score (nSPS) is 12.3. The van der Waals surface area contributed by atoms with Crippen molar-refractivity contribution >= 4 is 27.4 Å². The Morgan fingerprint density at radius 1 is 1.00 bits per heavy atom. The lowest BCUT2D eigenvalue weighted by Crippen LogP contribution is -2.30. The highest BCUT2D eigenvalue weighted by atomic mass is 32.2. The average molecular weight is 375 g/mol. The van der Waals surface area contributed by atoms with Crippen LogP contribution in [0.4, 0.5) is 5.69 Å². The highest BCUT2D eigenvalue weighted by Gasteiger charge is 2.24. The molecule has 0 saturated heterocycles. The Kier molecular flexibility index (Phi) is 5.82. The second kappa shape index (κ2) is 7.70. The van der Waals surface area contributed by atoms with Gasteiger partial charge in [-0.3, -0.25) is 4.79 Å². The van der Waals surface area contributed by atoms with Crippen molar-refractivity contribution < 1.29 is 22.7 Å². The van der Waals surface area contributed by atoms with Crippen LogP contribution in [-0.2, 0) is 19.4 Å². The van der Waals surface area contributed by atoms with Gasteiger partial charge in [0.2, 0.25) is 0 Å². The van der Waals surface area contributed by atoms with Crippen molar-refractivity contribution in [3.05, 3.63) is 59.2 Å². The number of hydrogen-bond acceptors (Lipinski definition) is 5. The largest absolute Gasteiger partial charge is 0.449 e. The second-order valence-corrected chi connectivity index (χ2v) is 8.06. The van der Waals surface area contributed by atoms with Crippen molar-refractivity contribution in [1.82, 2.24) is 0 Å². The number of nitrogens with one attached hydrogen (secondary N) is 1. The zero-order valence-corrected chi connectivity index (χ0v) is 15.9. The Bertz CT molecular complexity index is 930. The van der Waals surface area contributed by atoms with Gasteiger partial charge in [-0.15, -0.1) is 0 Å². The number of para-hydroxylation sites is 1. The molecule has 0 fully saturated rings. The molecule has 2 rings (SSSR count). The summed E-state index contributed by atoms with van der Waals surface area (Å²) in [5.41, 5.74) is 2.34. The minimum atomic E-state index is -3.60. The topological polar surface area (TPSA) is 89.5 Å². The number of aryl methyl sites for hydroxylation is 2. The van der Waals surface area contributed by atoms with Crippen molar-refractivity contribution in [2.45, 2.75) is 31.8 Å². The first-order chi connectivity index (χ1) is 12.1. The minimum Gasteiger partial charge on any atom is -0.449 e. The molecule has 0 saturated carbocycles. The molecule has 0 aliphatic carbocycles. The molecule has 0 spiro atoms. The van der Waals surface area contributed by atoms with Crippen LogP contribution >= 0.6 is 0 Å². The number of esters is 1. The molecule has 1 N–H and O–H groups in total. The number of carbonyl (C=O) groups excluding carboxylic acids is 2. The monoisotopic (exact) mass is 375 g/mol. The van der Waals surface area contributed by atoms with Gasteiger partial charge in [-0.25, -0.2) is 13.2 Å². The van der Waals surface area contributed by atoms with E-state index in [2.05, 4.69) is 5.32 Å². The van der Waals surface area contributed by atoms with Gasteiger partial charge in [0, 0.05) is 11.9 Å². The van der Waals surface area contributed by atoms with Crippen LogP contribution in [0.5, 0.6) is 0 Å². The maximum Gasteiger partial charge on any atom is 0.340 e. The third-order valence-corrected chi connectivity index (χ3v) is 5.04. The molecule has 0 aromatic heterocycles. The maximum atomic E-state index is 12.4. The summed E-state index contributed by atoms with van der Waals surface area (Å²) in [7, 11) is -3.60. The molecule has 0 aliphatic rings. The van der Waals surface area contributed by atoms with E-state index in [1.54, 1.807) is 0 Å². The molecule has 0 aliphatic heterocycles. The standard InChI is InChI=1S/C19H21NO5S/c1-12-8-7-9-13(2)17(12)20-18(21)14(3)25-19(22)15-10-5-6-11-16(15)26(4,23)24/h5-11,14H,1-4H3,(H,20,21). The van der Waals surface area contributed by atoms with Crippen LogP contribution in [0.15, 0.2) is 47.4 Å². The zero-order chi connectivity index (χ0) is 19.5. The molecule has 2 aromatic carbocycles. The number of sulfone groups is 1. The number of ether oxygens (including phenoxy) is 1. The van der Waals surface area contributed by atoms with Crippen molar-refractivity contribution in [2.75, 3.05) is 11.6 Å². The predicted octanol–water partition coefficient (Wildman–Crippen LogP) is 2.89. The highest BCUT2D eigenvalue weighted by Crippen LogP contribution is 2.21. The lowest BCUT2D eigenvalue weighted by Gasteiger charge is -2.17. The highest BCUT2D eigenvalue weighted by molar-refractivity contribution is 7.90. The fourth-order valence-electron chi connectivity index (χ4n) is 2.47. The van der Waals surface area contributed by atoms with E-state index in [-0.39, 0.29) is 10.5 Å². The van der Waals surface area contributed by atoms with Crippen molar-refractivity contribution in [3.8, 4) is 0 Å². The molecule has 1 amide bonds. The summed E-state index contributed by atoms with van der Waals surface area (Å²) >= 11 is 0. The molecule has 1 unspecified atom stereocenters. The number of amides is 1. The average Bonchev–Trinajstić information content (AvgIpc) is 2.57. The van der Waals surface area contributed by atoms with E-state index in [1.165, 1.54) is 31.2 Å². The molecule has 0 bridgehead atoms. The van der Waals surface area contributed by atoms with E-state index in [0.29, 0.717) is 5.69 Å². The van der Waals surface area contributed by atoms with Gasteiger partial charge in [-0.1, -0.05) is 30.3 Å². The Hall–Kier alpha value is -2.67.